The van der Waals surface area contributed by atoms with E-state index in [9.17, 15) is 4.79 Å². The van der Waals surface area contributed by atoms with Gasteiger partial charge in [-0.2, -0.15) is 0 Å². The molecule has 4 heteroatoms. The van der Waals surface area contributed by atoms with Crippen LogP contribution in [-0.4, -0.2) is 11.7 Å². The van der Waals surface area contributed by atoms with Gasteiger partial charge in [0.25, 0.3) is 0 Å². The summed E-state index contributed by atoms with van der Waals surface area (Å²) in [6.07, 6.45) is 4.77. The number of amides is 1. The molecule has 0 aromatic heterocycles. The van der Waals surface area contributed by atoms with E-state index in [4.69, 9.17) is 10.5 Å². The van der Waals surface area contributed by atoms with Gasteiger partial charge in [-0.25, -0.2) is 4.79 Å². The highest BCUT2D eigenvalue weighted by Crippen LogP contribution is 2.24. The second-order valence-electron chi connectivity index (χ2n) is 5.55. The molecule has 0 aliphatic heterocycles. The smallest absolute Gasteiger partial charge is 0.412 e. The summed E-state index contributed by atoms with van der Waals surface area (Å²) in [5.74, 6) is 0. The summed E-state index contributed by atoms with van der Waals surface area (Å²) in [6.45, 7) is 12.9. The second-order valence-corrected chi connectivity index (χ2v) is 5.55. The summed E-state index contributed by atoms with van der Waals surface area (Å²) < 4.78 is 5.18. The predicted octanol–water partition coefficient (Wildman–Crippen LogP) is 4.37. The summed E-state index contributed by atoms with van der Waals surface area (Å²) in [5, 5.41) is 2.63. The Labute approximate surface area is 126 Å². The van der Waals surface area contributed by atoms with Gasteiger partial charge in [-0.3, -0.25) is 5.32 Å². The number of rotatable bonds is 4. The fourth-order valence-corrected chi connectivity index (χ4v) is 1.57. The Kier molecular flexibility index (Phi) is 5.36. The zero-order valence-electron chi connectivity index (χ0n) is 12.8. The van der Waals surface area contributed by atoms with Gasteiger partial charge in [0.05, 0.1) is 11.4 Å². The molecule has 0 atom stereocenters. The van der Waals surface area contributed by atoms with Crippen molar-refractivity contribution in [1.82, 2.24) is 0 Å². The molecular weight excluding hydrogens is 264 g/mol. The molecule has 0 fully saturated rings. The van der Waals surface area contributed by atoms with Crippen molar-refractivity contribution >= 4 is 23.0 Å². The Hall–Kier alpha value is -2.49. The molecular formula is C17H22N2O2. The standard InChI is InChI=1S/C17H22N2O2/c1-6-7-8-12(2)13-9-10-15(14(18)11-13)19-16(20)21-17(3,4)5/h6-11H,1-2,18H2,3-5H3,(H,19,20)/b8-7-. The maximum atomic E-state index is 11.7. The van der Waals surface area contributed by atoms with Crippen LogP contribution in [0.5, 0.6) is 0 Å². The van der Waals surface area contributed by atoms with Gasteiger partial charge in [-0.05, 0) is 44.0 Å². The van der Waals surface area contributed by atoms with Crippen molar-refractivity contribution in [2.75, 3.05) is 11.1 Å². The monoisotopic (exact) mass is 286 g/mol. The van der Waals surface area contributed by atoms with E-state index < -0.39 is 11.7 Å². The van der Waals surface area contributed by atoms with Crippen molar-refractivity contribution in [2.24, 2.45) is 0 Å². The molecule has 4 nitrogen and oxygen atoms in total. The van der Waals surface area contributed by atoms with Gasteiger partial charge in [-0.15, -0.1) is 0 Å². The van der Waals surface area contributed by atoms with E-state index in [2.05, 4.69) is 18.5 Å². The third-order valence-electron chi connectivity index (χ3n) is 2.49. The summed E-state index contributed by atoms with van der Waals surface area (Å²) >= 11 is 0. The van der Waals surface area contributed by atoms with Crippen LogP contribution in [-0.2, 0) is 4.74 Å². The van der Waals surface area contributed by atoms with Crippen LogP contribution in [0.15, 0.2) is 49.6 Å². The minimum atomic E-state index is -0.553. The van der Waals surface area contributed by atoms with Crippen LogP contribution in [0.4, 0.5) is 16.2 Å². The molecule has 0 heterocycles. The molecule has 0 radical (unpaired) electrons. The number of allylic oxidation sites excluding steroid dienone is 4. The molecule has 1 aromatic rings. The molecule has 0 aliphatic rings. The third kappa shape index (κ3) is 5.57. The molecule has 0 aliphatic carbocycles. The predicted molar refractivity (Wildman–Crippen MR) is 89.1 cm³/mol. The minimum Gasteiger partial charge on any atom is -0.444 e. The van der Waals surface area contributed by atoms with Gasteiger partial charge in [-0.1, -0.05) is 37.5 Å². The molecule has 112 valence electrons. The maximum Gasteiger partial charge on any atom is 0.412 e. The number of nitrogens with one attached hydrogen (secondary N) is 1. The number of hydrogen-bond acceptors (Lipinski definition) is 3. The van der Waals surface area contributed by atoms with Crippen LogP contribution in [0.3, 0.4) is 0 Å². The van der Waals surface area contributed by atoms with Gasteiger partial charge < -0.3 is 10.5 Å². The summed E-state index contributed by atoms with van der Waals surface area (Å²) in [6, 6.07) is 5.31. The first kappa shape index (κ1) is 16.6. The van der Waals surface area contributed by atoms with Crippen molar-refractivity contribution in [1.29, 1.82) is 0 Å². The van der Waals surface area contributed by atoms with Crippen molar-refractivity contribution in [2.45, 2.75) is 26.4 Å². The number of hydrogen-bond donors (Lipinski definition) is 2. The molecule has 1 aromatic carbocycles. The topological polar surface area (TPSA) is 64.3 Å². The van der Waals surface area contributed by atoms with Crippen LogP contribution in [0.25, 0.3) is 5.57 Å². The average Bonchev–Trinajstić information content (AvgIpc) is 2.36. The maximum absolute atomic E-state index is 11.7. The van der Waals surface area contributed by atoms with E-state index in [1.165, 1.54) is 0 Å². The fourth-order valence-electron chi connectivity index (χ4n) is 1.57. The number of anilines is 2. The number of carbonyl (C=O) groups is 1. The second kappa shape index (κ2) is 6.79. The number of carbonyl (C=O) groups excluding carboxylic acids is 1. The molecule has 3 N–H and O–H groups in total. The van der Waals surface area contributed by atoms with Crippen molar-refractivity contribution < 1.29 is 9.53 Å². The number of nitrogen functional groups attached to an aromatic ring is 1. The Bertz CT molecular complexity index is 581. The minimum absolute atomic E-state index is 0.450. The molecule has 1 rings (SSSR count). The zero-order valence-corrected chi connectivity index (χ0v) is 12.8. The largest absolute Gasteiger partial charge is 0.444 e. The summed E-state index contributed by atoms with van der Waals surface area (Å²) in [7, 11) is 0. The first-order chi connectivity index (χ1) is 9.73. The van der Waals surface area contributed by atoms with Crippen LogP contribution in [0.1, 0.15) is 26.3 Å². The normalized spacial score (nSPS) is 11.2. The molecule has 0 saturated carbocycles. The lowest BCUT2D eigenvalue weighted by Gasteiger charge is -2.20. The Morgan fingerprint density at radius 2 is 2.05 bits per heavy atom. The Morgan fingerprint density at radius 3 is 2.57 bits per heavy atom. The van der Waals surface area contributed by atoms with E-state index in [1.54, 1.807) is 45.1 Å². The highest BCUT2D eigenvalue weighted by Gasteiger charge is 2.16. The lowest BCUT2D eigenvalue weighted by Crippen LogP contribution is -2.27. The number of benzene rings is 1. The van der Waals surface area contributed by atoms with Gasteiger partial charge >= 0.3 is 6.09 Å². The fraction of sp³-hybridized carbons (Fsp3) is 0.235. The van der Waals surface area contributed by atoms with E-state index in [1.807, 2.05) is 12.1 Å². The van der Waals surface area contributed by atoms with E-state index in [0.717, 1.165) is 11.1 Å². The molecule has 0 spiro atoms. The Morgan fingerprint density at radius 1 is 1.38 bits per heavy atom. The lowest BCUT2D eigenvalue weighted by molar-refractivity contribution is 0.0636. The van der Waals surface area contributed by atoms with Gasteiger partial charge in [0.15, 0.2) is 0 Å². The van der Waals surface area contributed by atoms with Crippen LogP contribution in [0, 0.1) is 0 Å². The molecule has 21 heavy (non-hydrogen) atoms. The van der Waals surface area contributed by atoms with Gasteiger partial charge in [0.1, 0.15) is 5.60 Å². The number of nitrogens with two attached hydrogens (primary N) is 1. The quantitative estimate of drug-likeness (QED) is 0.638. The van der Waals surface area contributed by atoms with Crippen molar-refractivity contribution in [3.05, 3.63) is 55.1 Å². The third-order valence-corrected chi connectivity index (χ3v) is 2.49. The Balaban J connectivity index is 2.84. The first-order valence-electron chi connectivity index (χ1n) is 6.61. The first-order valence-corrected chi connectivity index (χ1v) is 6.61. The van der Waals surface area contributed by atoms with Crippen LogP contribution in [0.2, 0.25) is 0 Å². The zero-order chi connectivity index (χ0) is 16.0. The summed E-state index contributed by atoms with van der Waals surface area (Å²) in [4.78, 5) is 11.7. The van der Waals surface area contributed by atoms with E-state index >= 15 is 0 Å². The van der Waals surface area contributed by atoms with Crippen molar-refractivity contribution in [3.63, 3.8) is 0 Å². The summed E-state index contributed by atoms with van der Waals surface area (Å²) in [5.41, 5.74) is 8.04. The van der Waals surface area contributed by atoms with E-state index in [0.29, 0.717) is 11.4 Å². The van der Waals surface area contributed by atoms with Crippen molar-refractivity contribution in [3.8, 4) is 0 Å². The molecule has 0 saturated heterocycles. The SMILES string of the molecule is C=C/C=C\C(=C)c1ccc(NC(=O)OC(C)(C)C)c(N)c1. The van der Waals surface area contributed by atoms with Gasteiger partial charge in [0.2, 0.25) is 0 Å². The average molecular weight is 286 g/mol. The molecule has 0 bridgehead atoms. The van der Waals surface area contributed by atoms with Crippen LogP contribution >= 0.6 is 0 Å². The lowest BCUT2D eigenvalue weighted by atomic mass is 10.1. The number of ether oxygens (including phenoxy) is 1. The van der Waals surface area contributed by atoms with Gasteiger partial charge in [0, 0.05) is 0 Å². The van der Waals surface area contributed by atoms with E-state index in [-0.39, 0.29) is 0 Å². The highest BCUT2D eigenvalue weighted by molar-refractivity contribution is 5.90. The van der Waals surface area contributed by atoms with Crippen LogP contribution < -0.4 is 11.1 Å². The molecule has 0 unspecified atom stereocenters. The molecule has 1 amide bonds. The highest BCUT2D eigenvalue weighted by atomic mass is 16.6.